The van der Waals surface area contributed by atoms with Crippen LogP contribution in [0, 0.1) is 11.3 Å². The number of benzene rings is 2. The van der Waals surface area contributed by atoms with Crippen LogP contribution in [0.1, 0.15) is 11.4 Å². The molecule has 0 saturated heterocycles. The maximum Gasteiger partial charge on any atom is 0.269 e. The minimum atomic E-state index is -0.412. The van der Waals surface area contributed by atoms with Gasteiger partial charge in [-0.05, 0) is 48.5 Å². The molecule has 0 aliphatic rings. The van der Waals surface area contributed by atoms with Gasteiger partial charge >= 0.3 is 0 Å². The molecular formula is C24H13Cl2N5O2. The van der Waals surface area contributed by atoms with Crippen LogP contribution >= 0.6 is 23.2 Å². The smallest absolute Gasteiger partial charge is 0.269 e. The molecule has 0 fully saturated rings. The van der Waals surface area contributed by atoms with Crippen LogP contribution in [0.15, 0.2) is 71.7 Å². The summed E-state index contributed by atoms with van der Waals surface area (Å²) in [5.41, 5.74) is 1.65. The van der Waals surface area contributed by atoms with Crippen LogP contribution in [-0.2, 0) is 0 Å². The molecule has 33 heavy (non-hydrogen) atoms. The van der Waals surface area contributed by atoms with E-state index in [0.717, 1.165) is 5.52 Å². The van der Waals surface area contributed by atoms with Crippen molar-refractivity contribution in [2.75, 3.05) is 0 Å². The highest BCUT2D eigenvalue weighted by Crippen LogP contribution is 2.32. The van der Waals surface area contributed by atoms with Crippen LogP contribution in [0.5, 0.6) is 11.6 Å². The fourth-order valence-electron chi connectivity index (χ4n) is 3.32. The molecule has 160 valence electrons. The third-order valence-corrected chi connectivity index (χ3v) is 5.42. The van der Waals surface area contributed by atoms with Gasteiger partial charge in [-0.1, -0.05) is 41.4 Å². The van der Waals surface area contributed by atoms with Crippen molar-refractivity contribution in [1.29, 1.82) is 5.26 Å². The Morgan fingerprint density at radius 3 is 2.70 bits per heavy atom. The average molecular weight is 474 g/mol. The number of fused-ring (bicyclic) bond motifs is 2. The van der Waals surface area contributed by atoms with Crippen molar-refractivity contribution in [1.82, 2.24) is 19.4 Å². The van der Waals surface area contributed by atoms with E-state index in [2.05, 4.69) is 21.0 Å². The highest BCUT2D eigenvalue weighted by Gasteiger charge is 2.17. The van der Waals surface area contributed by atoms with Crippen molar-refractivity contribution in [2.45, 2.75) is 0 Å². The van der Waals surface area contributed by atoms with Crippen molar-refractivity contribution in [3.05, 3.63) is 98.6 Å². The maximum absolute atomic E-state index is 13.3. The highest BCUT2D eigenvalue weighted by atomic mass is 35.5. The average Bonchev–Trinajstić information content (AvgIpc) is 3.25. The summed E-state index contributed by atoms with van der Waals surface area (Å²) in [5, 5.41) is 10.5. The number of halogens is 2. The van der Waals surface area contributed by atoms with E-state index in [0.29, 0.717) is 22.0 Å². The Morgan fingerprint density at radius 2 is 1.91 bits per heavy atom. The number of hydrogen-bond donors (Lipinski definition) is 1. The molecule has 0 bridgehead atoms. The summed E-state index contributed by atoms with van der Waals surface area (Å²) in [6.07, 6.45) is 3.00. The zero-order valence-electron chi connectivity index (χ0n) is 16.8. The number of aromatic nitrogens is 4. The van der Waals surface area contributed by atoms with E-state index < -0.39 is 5.56 Å². The van der Waals surface area contributed by atoms with Gasteiger partial charge in [0.2, 0.25) is 5.88 Å². The van der Waals surface area contributed by atoms with Gasteiger partial charge in [0.25, 0.3) is 5.56 Å². The summed E-state index contributed by atoms with van der Waals surface area (Å²) < 4.78 is 7.30. The second-order valence-corrected chi connectivity index (χ2v) is 7.86. The standard InChI is InChI=1S/C24H13Cl2N5O2/c25-15-8-9-20(17(26)12-15)33-23-16(24(32)31-10-4-3-7-21(31)30-23)11-14(13-27)22-28-18-5-1-2-6-19(18)29-22/h1-12H,(H,28,29)/b14-11+. The summed E-state index contributed by atoms with van der Waals surface area (Å²) in [6, 6.07) is 19.4. The molecule has 9 heteroatoms. The fourth-order valence-corrected chi connectivity index (χ4v) is 3.77. The van der Waals surface area contributed by atoms with Crippen molar-refractivity contribution in [2.24, 2.45) is 0 Å². The van der Waals surface area contributed by atoms with Gasteiger partial charge in [-0.25, -0.2) is 4.98 Å². The number of pyridine rings is 1. The van der Waals surface area contributed by atoms with Crippen LogP contribution in [0.25, 0.3) is 28.3 Å². The molecule has 0 atom stereocenters. The monoisotopic (exact) mass is 473 g/mol. The Labute approximate surface area is 197 Å². The summed E-state index contributed by atoms with van der Waals surface area (Å²) >= 11 is 12.2. The number of imidazole rings is 1. The lowest BCUT2D eigenvalue weighted by Gasteiger charge is -2.11. The Balaban J connectivity index is 1.71. The normalized spacial score (nSPS) is 11.6. The lowest BCUT2D eigenvalue weighted by Crippen LogP contribution is -2.18. The first-order valence-corrected chi connectivity index (χ1v) is 10.5. The molecule has 5 aromatic rings. The first-order valence-electron chi connectivity index (χ1n) is 9.75. The number of para-hydroxylation sites is 2. The SMILES string of the molecule is N#C/C(=C\c1c(Oc2ccc(Cl)cc2Cl)nc2ccccn2c1=O)c1nc2ccccc2[nH]1. The van der Waals surface area contributed by atoms with Gasteiger partial charge < -0.3 is 9.72 Å². The highest BCUT2D eigenvalue weighted by molar-refractivity contribution is 6.35. The molecule has 3 heterocycles. The van der Waals surface area contributed by atoms with Crippen LogP contribution in [0.4, 0.5) is 0 Å². The summed E-state index contributed by atoms with van der Waals surface area (Å²) in [6.45, 7) is 0. The molecule has 5 rings (SSSR count). The predicted octanol–water partition coefficient (Wildman–Crippen LogP) is 5.73. The number of rotatable bonds is 4. The quantitative estimate of drug-likeness (QED) is 0.336. The van der Waals surface area contributed by atoms with E-state index in [1.165, 1.54) is 16.5 Å². The van der Waals surface area contributed by atoms with E-state index in [4.69, 9.17) is 27.9 Å². The van der Waals surface area contributed by atoms with Crippen molar-refractivity contribution < 1.29 is 4.74 Å². The van der Waals surface area contributed by atoms with E-state index in [-0.39, 0.29) is 27.8 Å². The first kappa shape index (κ1) is 20.8. The molecule has 7 nitrogen and oxygen atoms in total. The molecular weight excluding hydrogens is 461 g/mol. The molecule has 0 aliphatic heterocycles. The zero-order chi connectivity index (χ0) is 22.9. The molecule has 0 amide bonds. The van der Waals surface area contributed by atoms with Crippen LogP contribution < -0.4 is 10.3 Å². The van der Waals surface area contributed by atoms with E-state index in [1.54, 1.807) is 36.5 Å². The number of nitrogens with zero attached hydrogens (tertiary/aromatic N) is 4. The van der Waals surface area contributed by atoms with Crippen LogP contribution in [-0.4, -0.2) is 19.4 Å². The number of nitriles is 1. The summed E-state index contributed by atoms with van der Waals surface area (Å²) in [7, 11) is 0. The van der Waals surface area contributed by atoms with Gasteiger partial charge in [0.15, 0.2) is 0 Å². The van der Waals surface area contributed by atoms with Gasteiger partial charge in [-0.15, -0.1) is 0 Å². The van der Waals surface area contributed by atoms with E-state index >= 15 is 0 Å². The Hall–Kier alpha value is -4.12. The fraction of sp³-hybridized carbons (Fsp3) is 0. The third kappa shape index (κ3) is 3.94. The Morgan fingerprint density at radius 1 is 1.09 bits per heavy atom. The van der Waals surface area contributed by atoms with E-state index in [9.17, 15) is 10.1 Å². The third-order valence-electron chi connectivity index (χ3n) is 4.89. The number of H-pyrrole nitrogens is 1. The number of nitrogens with one attached hydrogen (secondary N) is 1. The maximum atomic E-state index is 13.3. The molecule has 0 spiro atoms. The molecule has 1 N–H and O–H groups in total. The topological polar surface area (TPSA) is 96.1 Å². The Bertz CT molecular complexity index is 1630. The summed E-state index contributed by atoms with van der Waals surface area (Å²) in [4.78, 5) is 25.4. The van der Waals surface area contributed by atoms with Gasteiger partial charge in [0, 0.05) is 11.2 Å². The number of ether oxygens (including phenoxy) is 1. The zero-order valence-corrected chi connectivity index (χ0v) is 18.3. The van der Waals surface area contributed by atoms with Gasteiger partial charge in [-0.2, -0.15) is 10.2 Å². The van der Waals surface area contributed by atoms with Crippen LogP contribution in [0.2, 0.25) is 10.0 Å². The lowest BCUT2D eigenvalue weighted by molar-refractivity contribution is 0.461. The number of allylic oxidation sites excluding steroid dienone is 1. The minimum Gasteiger partial charge on any atom is -0.437 e. The van der Waals surface area contributed by atoms with Gasteiger partial charge in [0.05, 0.1) is 21.6 Å². The van der Waals surface area contributed by atoms with Crippen molar-refractivity contribution in [3.63, 3.8) is 0 Å². The largest absolute Gasteiger partial charge is 0.437 e. The molecule has 0 radical (unpaired) electrons. The molecule has 2 aromatic carbocycles. The number of hydrogen-bond acceptors (Lipinski definition) is 5. The molecule has 0 saturated carbocycles. The van der Waals surface area contributed by atoms with Gasteiger partial charge in [0.1, 0.15) is 28.9 Å². The van der Waals surface area contributed by atoms with Crippen molar-refractivity contribution in [3.8, 4) is 17.7 Å². The predicted molar refractivity (Wildman–Crippen MR) is 128 cm³/mol. The molecule has 0 aliphatic carbocycles. The van der Waals surface area contributed by atoms with E-state index in [1.807, 2.05) is 24.3 Å². The van der Waals surface area contributed by atoms with Crippen LogP contribution in [0.3, 0.4) is 0 Å². The number of aromatic amines is 1. The second-order valence-electron chi connectivity index (χ2n) is 7.01. The van der Waals surface area contributed by atoms with Gasteiger partial charge in [-0.3, -0.25) is 9.20 Å². The Kier molecular flexibility index (Phi) is 5.31. The minimum absolute atomic E-state index is 0.000663. The van der Waals surface area contributed by atoms with Crippen molar-refractivity contribution >= 4 is 51.5 Å². The lowest BCUT2D eigenvalue weighted by atomic mass is 10.2. The second kappa shape index (κ2) is 8.43. The molecule has 0 unspecified atom stereocenters. The first-order chi connectivity index (χ1) is 16.0. The molecule has 3 aromatic heterocycles. The summed E-state index contributed by atoms with van der Waals surface area (Å²) in [5.74, 6) is 0.594.